The number of likely N-dealkylation sites (tertiary alicyclic amines) is 1. The van der Waals surface area contributed by atoms with E-state index in [-0.39, 0.29) is 18.2 Å². The number of urea groups is 1. The predicted octanol–water partition coefficient (Wildman–Crippen LogP) is 1.72. The van der Waals surface area contributed by atoms with Crippen molar-refractivity contribution in [2.24, 2.45) is 0 Å². The molecule has 3 heterocycles. The van der Waals surface area contributed by atoms with Gasteiger partial charge in [0.25, 0.3) is 0 Å². The van der Waals surface area contributed by atoms with Crippen LogP contribution in [0.3, 0.4) is 0 Å². The Kier molecular flexibility index (Phi) is 4.42. The molecule has 1 N–H and O–H groups in total. The van der Waals surface area contributed by atoms with Crippen LogP contribution in [0.25, 0.3) is 0 Å². The molecule has 2 aliphatic rings. The standard InChI is InChI=1S/C15H23N5O2/c1-19(2)14-16-9-11(10-17-14)18-15(21)20-7-3-5-12(20)13-6-4-8-22-13/h9-10,12-13H,3-8H2,1-2H3,(H,18,21)/t12-,13+/m0/s1. The SMILES string of the molecule is CN(C)c1ncc(NC(=O)N2CCC[C@H]2[C@H]2CCCO2)cn1. The summed E-state index contributed by atoms with van der Waals surface area (Å²) in [7, 11) is 3.76. The highest BCUT2D eigenvalue weighted by atomic mass is 16.5. The maximum atomic E-state index is 12.5. The number of ether oxygens (including phenoxy) is 1. The summed E-state index contributed by atoms with van der Waals surface area (Å²) in [6.07, 6.45) is 7.67. The minimum atomic E-state index is -0.0841. The first-order valence-corrected chi connectivity index (χ1v) is 7.84. The summed E-state index contributed by atoms with van der Waals surface area (Å²) in [5.41, 5.74) is 0.619. The number of nitrogens with zero attached hydrogens (tertiary/aromatic N) is 4. The summed E-state index contributed by atoms with van der Waals surface area (Å²) in [4.78, 5) is 24.6. The van der Waals surface area contributed by atoms with Crippen molar-refractivity contribution in [3.8, 4) is 0 Å². The minimum absolute atomic E-state index is 0.0841. The number of nitrogens with one attached hydrogen (secondary N) is 1. The molecule has 7 heteroatoms. The summed E-state index contributed by atoms with van der Waals surface area (Å²) in [6, 6.07) is 0.115. The molecular weight excluding hydrogens is 282 g/mol. The maximum Gasteiger partial charge on any atom is 0.322 e. The Morgan fingerprint density at radius 2 is 2.09 bits per heavy atom. The molecule has 2 aliphatic heterocycles. The molecule has 7 nitrogen and oxygen atoms in total. The van der Waals surface area contributed by atoms with Crippen LogP contribution >= 0.6 is 0 Å². The van der Waals surface area contributed by atoms with Gasteiger partial charge < -0.3 is 19.9 Å². The van der Waals surface area contributed by atoms with E-state index in [0.29, 0.717) is 11.6 Å². The van der Waals surface area contributed by atoms with Crippen LogP contribution < -0.4 is 10.2 Å². The quantitative estimate of drug-likeness (QED) is 0.920. The van der Waals surface area contributed by atoms with Crippen LogP contribution in [-0.2, 0) is 4.74 Å². The van der Waals surface area contributed by atoms with E-state index in [4.69, 9.17) is 4.74 Å². The monoisotopic (exact) mass is 305 g/mol. The Bertz CT molecular complexity index is 513. The number of hydrogen-bond donors (Lipinski definition) is 1. The van der Waals surface area contributed by atoms with E-state index in [1.54, 1.807) is 12.4 Å². The molecular formula is C15H23N5O2. The maximum absolute atomic E-state index is 12.5. The predicted molar refractivity (Wildman–Crippen MR) is 84.1 cm³/mol. The van der Waals surface area contributed by atoms with E-state index >= 15 is 0 Å². The lowest BCUT2D eigenvalue weighted by Gasteiger charge is -2.28. The largest absolute Gasteiger partial charge is 0.376 e. The molecule has 2 atom stereocenters. The van der Waals surface area contributed by atoms with Crippen LogP contribution in [0.4, 0.5) is 16.4 Å². The van der Waals surface area contributed by atoms with E-state index in [1.807, 2.05) is 23.9 Å². The molecule has 0 spiro atoms. The average molecular weight is 305 g/mol. The highest BCUT2D eigenvalue weighted by molar-refractivity contribution is 5.89. The Morgan fingerprint density at radius 3 is 2.73 bits per heavy atom. The average Bonchev–Trinajstić information content (AvgIpc) is 3.18. The molecule has 0 unspecified atom stereocenters. The second-order valence-corrected chi connectivity index (χ2v) is 6.05. The normalized spacial score (nSPS) is 24.5. The zero-order valence-corrected chi connectivity index (χ0v) is 13.2. The third kappa shape index (κ3) is 3.14. The Labute approximate surface area is 130 Å². The van der Waals surface area contributed by atoms with Gasteiger partial charge in [-0.2, -0.15) is 0 Å². The first-order chi connectivity index (χ1) is 10.6. The Balaban J connectivity index is 1.63. The van der Waals surface area contributed by atoms with E-state index in [1.165, 1.54) is 0 Å². The summed E-state index contributed by atoms with van der Waals surface area (Å²) in [5.74, 6) is 0.622. The summed E-state index contributed by atoms with van der Waals surface area (Å²) in [5, 5.41) is 2.89. The van der Waals surface area contributed by atoms with E-state index in [9.17, 15) is 4.79 Å². The van der Waals surface area contributed by atoms with Gasteiger partial charge in [0.1, 0.15) is 0 Å². The fourth-order valence-electron chi connectivity index (χ4n) is 3.15. The fourth-order valence-corrected chi connectivity index (χ4v) is 3.15. The van der Waals surface area contributed by atoms with Gasteiger partial charge in [0, 0.05) is 27.2 Å². The fraction of sp³-hybridized carbons (Fsp3) is 0.667. The van der Waals surface area contributed by atoms with E-state index in [0.717, 1.165) is 38.8 Å². The number of amides is 2. The van der Waals surface area contributed by atoms with Crippen molar-refractivity contribution in [2.75, 3.05) is 37.5 Å². The molecule has 3 rings (SSSR count). The lowest BCUT2D eigenvalue weighted by Crippen LogP contribution is -2.44. The number of carbonyl (C=O) groups is 1. The first-order valence-electron chi connectivity index (χ1n) is 7.84. The highest BCUT2D eigenvalue weighted by Gasteiger charge is 2.36. The summed E-state index contributed by atoms with van der Waals surface area (Å²) < 4.78 is 5.76. The van der Waals surface area contributed by atoms with Gasteiger partial charge >= 0.3 is 6.03 Å². The minimum Gasteiger partial charge on any atom is -0.376 e. The Hall–Kier alpha value is -1.89. The van der Waals surface area contributed by atoms with Crippen molar-refractivity contribution in [3.05, 3.63) is 12.4 Å². The van der Waals surface area contributed by atoms with Gasteiger partial charge in [0.05, 0.1) is 30.2 Å². The Morgan fingerprint density at radius 1 is 1.32 bits per heavy atom. The zero-order chi connectivity index (χ0) is 15.5. The summed E-state index contributed by atoms with van der Waals surface area (Å²) >= 11 is 0. The lowest BCUT2D eigenvalue weighted by atomic mass is 10.1. The number of carbonyl (C=O) groups excluding carboxylic acids is 1. The molecule has 0 bridgehead atoms. The number of hydrogen-bond acceptors (Lipinski definition) is 5. The van der Waals surface area contributed by atoms with Gasteiger partial charge in [0.2, 0.25) is 5.95 Å². The van der Waals surface area contributed by atoms with Crippen molar-refractivity contribution < 1.29 is 9.53 Å². The van der Waals surface area contributed by atoms with Gasteiger partial charge in [-0.1, -0.05) is 0 Å². The van der Waals surface area contributed by atoms with Crippen LogP contribution in [0.2, 0.25) is 0 Å². The van der Waals surface area contributed by atoms with Crippen molar-refractivity contribution in [3.63, 3.8) is 0 Å². The van der Waals surface area contributed by atoms with E-state index < -0.39 is 0 Å². The first kappa shape index (κ1) is 15.0. The van der Waals surface area contributed by atoms with Gasteiger partial charge in [-0.05, 0) is 25.7 Å². The molecule has 2 saturated heterocycles. The van der Waals surface area contributed by atoms with Gasteiger partial charge in [0.15, 0.2) is 0 Å². The second-order valence-electron chi connectivity index (χ2n) is 6.05. The molecule has 2 amide bonds. The van der Waals surface area contributed by atoms with Crippen LogP contribution in [0.15, 0.2) is 12.4 Å². The van der Waals surface area contributed by atoms with Crippen LogP contribution in [0.5, 0.6) is 0 Å². The molecule has 0 aliphatic carbocycles. The molecule has 120 valence electrons. The molecule has 1 aromatic heterocycles. The molecule has 2 fully saturated rings. The smallest absolute Gasteiger partial charge is 0.322 e. The molecule has 0 saturated carbocycles. The van der Waals surface area contributed by atoms with Gasteiger partial charge in [-0.3, -0.25) is 0 Å². The van der Waals surface area contributed by atoms with Gasteiger partial charge in [-0.15, -0.1) is 0 Å². The lowest BCUT2D eigenvalue weighted by molar-refractivity contribution is 0.0543. The van der Waals surface area contributed by atoms with Crippen molar-refractivity contribution in [1.82, 2.24) is 14.9 Å². The number of rotatable bonds is 3. The second kappa shape index (κ2) is 6.48. The zero-order valence-electron chi connectivity index (χ0n) is 13.2. The molecule has 1 aromatic rings. The van der Waals surface area contributed by atoms with Crippen LogP contribution in [0, 0.1) is 0 Å². The van der Waals surface area contributed by atoms with Crippen molar-refractivity contribution >= 4 is 17.7 Å². The molecule has 0 aromatic carbocycles. The third-order valence-corrected chi connectivity index (χ3v) is 4.24. The van der Waals surface area contributed by atoms with Crippen LogP contribution in [0.1, 0.15) is 25.7 Å². The van der Waals surface area contributed by atoms with Crippen LogP contribution in [-0.4, -0.2) is 60.3 Å². The molecule has 0 radical (unpaired) electrons. The number of aromatic nitrogens is 2. The molecule has 22 heavy (non-hydrogen) atoms. The highest BCUT2D eigenvalue weighted by Crippen LogP contribution is 2.28. The van der Waals surface area contributed by atoms with Gasteiger partial charge in [-0.25, -0.2) is 14.8 Å². The topological polar surface area (TPSA) is 70.6 Å². The van der Waals surface area contributed by atoms with Crippen molar-refractivity contribution in [1.29, 1.82) is 0 Å². The number of anilines is 2. The third-order valence-electron chi connectivity index (χ3n) is 4.24. The summed E-state index contributed by atoms with van der Waals surface area (Å²) in [6.45, 7) is 1.60. The van der Waals surface area contributed by atoms with Crippen molar-refractivity contribution in [2.45, 2.75) is 37.8 Å². The van der Waals surface area contributed by atoms with E-state index in [2.05, 4.69) is 15.3 Å².